The van der Waals surface area contributed by atoms with Gasteiger partial charge < -0.3 is 19.7 Å². The quantitative estimate of drug-likeness (QED) is 0.881. The molecule has 1 saturated heterocycles. The number of methoxy groups -OCH3 is 1. The van der Waals surface area contributed by atoms with Gasteiger partial charge in [-0.1, -0.05) is 18.2 Å². The van der Waals surface area contributed by atoms with E-state index >= 15 is 0 Å². The lowest BCUT2D eigenvalue weighted by molar-refractivity contribution is -0.136. The molecule has 0 spiro atoms. The van der Waals surface area contributed by atoms with Crippen LogP contribution < -0.4 is 14.8 Å². The number of nitrogens with one attached hydrogen (secondary N) is 1. The highest BCUT2D eigenvalue weighted by atomic mass is 35.5. The summed E-state index contributed by atoms with van der Waals surface area (Å²) in [4.78, 5) is 18.7. The van der Waals surface area contributed by atoms with Gasteiger partial charge in [0, 0.05) is 32.0 Å². The van der Waals surface area contributed by atoms with Crippen molar-refractivity contribution >= 4 is 18.3 Å². The highest BCUT2D eigenvalue weighted by Crippen LogP contribution is 2.26. The average molecular weight is 364 g/mol. The second-order valence-electron chi connectivity index (χ2n) is 5.53. The Labute approximate surface area is 153 Å². The maximum absolute atomic E-state index is 12.7. The van der Waals surface area contributed by atoms with Gasteiger partial charge in [0.05, 0.1) is 13.2 Å². The van der Waals surface area contributed by atoms with Crippen molar-refractivity contribution in [3.8, 4) is 11.5 Å². The number of nitrogens with zero attached hydrogens (tertiary/aromatic N) is 2. The van der Waals surface area contributed by atoms with Crippen LogP contribution in [-0.2, 0) is 4.79 Å². The molecule has 0 aliphatic carbocycles. The van der Waals surface area contributed by atoms with E-state index in [4.69, 9.17) is 9.47 Å². The van der Waals surface area contributed by atoms with Crippen molar-refractivity contribution in [2.24, 2.45) is 0 Å². The van der Waals surface area contributed by atoms with Crippen molar-refractivity contribution in [1.82, 2.24) is 15.2 Å². The molecule has 1 unspecified atom stereocenters. The summed E-state index contributed by atoms with van der Waals surface area (Å²) >= 11 is 0. The molecular weight excluding hydrogens is 342 g/mol. The lowest BCUT2D eigenvalue weighted by atomic mass is 10.1. The number of aromatic nitrogens is 1. The highest BCUT2D eigenvalue weighted by Gasteiger charge is 2.28. The standard InChI is InChI=1S/C18H21N3O3.ClH/c1-23-16-6-2-3-7-17(16)24-13-18(22)21-10-9-20-12-15(21)14-5-4-8-19-11-14;/h2-8,11,15,20H,9-10,12-13H2,1H3;1H. The van der Waals surface area contributed by atoms with Crippen LogP contribution in [0.25, 0.3) is 0 Å². The molecule has 1 aliphatic heterocycles. The molecule has 7 heteroatoms. The van der Waals surface area contributed by atoms with Crippen molar-refractivity contribution < 1.29 is 14.3 Å². The van der Waals surface area contributed by atoms with Crippen LogP contribution in [0.5, 0.6) is 11.5 Å². The number of ether oxygens (including phenoxy) is 2. The second-order valence-corrected chi connectivity index (χ2v) is 5.53. The molecule has 2 aromatic rings. The van der Waals surface area contributed by atoms with E-state index in [0.717, 1.165) is 12.1 Å². The van der Waals surface area contributed by atoms with Crippen molar-refractivity contribution in [1.29, 1.82) is 0 Å². The van der Waals surface area contributed by atoms with E-state index in [9.17, 15) is 4.79 Å². The lowest BCUT2D eigenvalue weighted by Crippen LogP contribution is -2.50. The fourth-order valence-electron chi connectivity index (χ4n) is 2.83. The van der Waals surface area contributed by atoms with Crippen molar-refractivity contribution in [2.75, 3.05) is 33.4 Å². The number of para-hydroxylation sites is 2. The second kappa shape index (κ2) is 9.25. The Morgan fingerprint density at radius 3 is 2.80 bits per heavy atom. The van der Waals surface area contributed by atoms with Crippen LogP contribution in [0.15, 0.2) is 48.8 Å². The number of carbonyl (C=O) groups is 1. The fraction of sp³-hybridized carbons (Fsp3) is 0.333. The largest absolute Gasteiger partial charge is 0.493 e. The zero-order valence-electron chi connectivity index (χ0n) is 14.1. The van der Waals surface area contributed by atoms with Crippen molar-refractivity contribution in [3.63, 3.8) is 0 Å². The van der Waals surface area contributed by atoms with Gasteiger partial charge in [-0.05, 0) is 23.8 Å². The molecule has 25 heavy (non-hydrogen) atoms. The van der Waals surface area contributed by atoms with E-state index in [2.05, 4.69) is 10.3 Å². The SMILES string of the molecule is COc1ccccc1OCC(=O)N1CCNCC1c1cccnc1.Cl. The minimum atomic E-state index is -0.0451. The van der Waals surface area contributed by atoms with Crippen LogP contribution in [0.3, 0.4) is 0 Å². The molecule has 1 amide bonds. The minimum absolute atomic E-state index is 0. The molecule has 1 aliphatic rings. The number of hydrogen-bond donors (Lipinski definition) is 1. The third kappa shape index (κ3) is 4.61. The molecule has 6 nitrogen and oxygen atoms in total. The molecule has 3 rings (SSSR count). The number of pyridine rings is 1. The third-order valence-electron chi connectivity index (χ3n) is 4.05. The van der Waals surface area contributed by atoms with E-state index in [-0.39, 0.29) is 31.0 Å². The number of rotatable bonds is 5. The monoisotopic (exact) mass is 363 g/mol. The summed E-state index contributed by atoms with van der Waals surface area (Å²) in [6.45, 7) is 2.12. The van der Waals surface area contributed by atoms with Crippen molar-refractivity contribution in [3.05, 3.63) is 54.4 Å². The van der Waals surface area contributed by atoms with E-state index in [1.54, 1.807) is 25.6 Å². The summed E-state index contributed by atoms with van der Waals surface area (Å²) in [7, 11) is 1.58. The van der Waals surface area contributed by atoms with Crippen LogP contribution in [0.1, 0.15) is 11.6 Å². The third-order valence-corrected chi connectivity index (χ3v) is 4.05. The molecule has 1 aromatic carbocycles. The first-order valence-electron chi connectivity index (χ1n) is 7.95. The van der Waals surface area contributed by atoms with Crippen LogP contribution in [-0.4, -0.2) is 49.1 Å². The summed E-state index contributed by atoms with van der Waals surface area (Å²) in [5.41, 5.74) is 1.02. The number of amides is 1. The van der Waals surface area contributed by atoms with Gasteiger partial charge in [-0.2, -0.15) is 0 Å². The topological polar surface area (TPSA) is 63.7 Å². The Bertz CT molecular complexity index is 684. The molecule has 1 fully saturated rings. The number of piperazine rings is 1. The van der Waals surface area contributed by atoms with Crippen LogP contribution >= 0.6 is 12.4 Å². The Kier molecular flexibility index (Phi) is 7.03. The summed E-state index contributed by atoms with van der Waals surface area (Å²) < 4.78 is 10.9. The van der Waals surface area contributed by atoms with Crippen LogP contribution in [0, 0.1) is 0 Å². The van der Waals surface area contributed by atoms with E-state index in [1.807, 2.05) is 35.2 Å². The van der Waals surface area contributed by atoms with Gasteiger partial charge in [-0.15, -0.1) is 12.4 Å². The first-order valence-corrected chi connectivity index (χ1v) is 7.95. The van der Waals surface area contributed by atoms with E-state index in [1.165, 1.54) is 0 Å². The van der Waals surface area contributed by atoms with Gasteiger partial charge in [-0.25, -0.2) is 0 Å². The first kappa shape index (κ1) is 19.0. The molecule has 134 valence electrons. The van der Waals surface area contributed by atoms with Gasteiger partial charge in [-0.3, -0.25) is 9.78 Å². The number of hydrogen-bond acceptors (Lipinski definition) is 5. The van der Waals surface area contributed by atoms with E-state index < -0.39 is 0 Å². The summed E-state index contributed by atoms with van der Waals surface area (Å²) in [6, 6.07) is 11.2. The molecule has 0 bridgehead atoms. The molecule has 1 atom stereocenters. The first-order chi connectivity index (χ1) is 11.8. The summed E-state index contributed by atoms with van der Waals surface area (Å²) in [6.07, 6.45) is 3.54. The normalized spacial score (nSPS) is 16.7. The van der Waals surface area contributed by atoms with Gasteiger partial charge in [0.15, 0.2) is 18.1 Å². The zero-order valence-corrected chi connectivity index (χ0v) is 14.9. The Hall–Kier alpha value is -2.31. The van der Waals surface area contributed by atoms with E-state index in [0.29, 0.717) is 24.6 Å². The predicted molar refractivity (Wildman–Crippen MR) is 97.3 cm³/mol. The van der Waals surface area contributed by atoms with Gasteiger partial charge in [0.25, 0.3) is 5.91 Å². The van der Waals surface area contributed by atoms with Crippen molar-refractivity contribution in [2.45, 2.75) is 6.04 Å². The Morgan fingerprint density at radius 1 is 1.28 bits per heavy atom. The molecular formula is C18H22ClN3O3. The molecule has 0 saturated carbocycles. The van der Waals surface area contributed by atoms with Gasteiger partial charge in [0.2, 0.25) is 0 Å². The number of carbonyl (C=O) groups excluding carboxylic acids is 1. The van der Waals surface area contributed by atoms with Crippen LogP contribution in [0.4, 0.5) is 0 Å². The summed E-state index contributed by atoms with van der Waals surface area (Å²) in [5, 5.41) is 3.33. The van der Waals surface area contributed by atoms with Gasteiger partial charge in [0.1, 0.15) is 0 Å². The highest BCUT2D eigenvalue weighted by molar-refractivity contribution is 5.85. The van der Waals surface area contributed by atoms with Gasteiger partial charge >= 0.3 is 0 Å². The summed E-state index contributed by atoms with van der Waals surface area (Å²) in [5.74, 6) is 1.15. The Morgan fingerprint density at radius 2 is 2.08 bits per heavy atom. The van der Waals surface area contributed by atoms with Crippen LogP contribution in [0.2, 0.25) is 0 Å². The average Bonchev–Trinajstić information content (AvgIpc) is 2.67. The maximum atomic E-state index is 12.7. The number of halogens is 1. The Balaban J connectivity index is 0.00000225. The zero-order chi connectivity index (χ0) is 16.8. The fourth-order valence-corrected chi connectivity index (χ4v) is 2.83. The molecule has 1 aromatic heterocycles. The smallest absolute Gasteiger partial charge is 0.261 e. The molecule has 1 N–H and O–H groups in total. The molecule has 0 radical (unpaired) electrons. The predicted octanol–water partition coefficient (Wildman–Crippen LogP) is 2.06. The maximum Gasteiger partial charge on any atom is 0.261 e. The lowest BCUT2D eigenvalue weighted by Gasteiger charge is -2.36. The molecule has 2 heterocycles. The minimum Gasteiger partial charge on any atom is -0.493 e. The number of benzene rings is 1.